The predicted octanol–water partition coefficient (Wildman–Crippen LogP) is 3.08. The van der Waals surface area contributed by atoms with Gasteiger partial charge in [-0.2, -0.15) is 11.8 Å². The van der Waals surface area contributed by atoms with Gasteiger partial charge in [-0.1, -0.05) is 6.07 Å². The summed E-state index contributed by atoms with van der Waals surface area (Å²) < 4.78 is 11.4. The van der Waals surface area contributed by atoms with Crippen LogP contribution in [0.15, 0.2) is 18.2 Å². The highest BCUT2D eigenvalue weighted by molar-refractivity contribution is 7.99. The number of fused-ring (bicyclic) bond motifs is 1. The third kappa shape index (κ3) is 3.83. The van der Waals surface area contributed by atoms with E-state index in [1.807, 2.05) is 6.07 Å². The summed E-state index contributed by atoms with van der Waals surface area (Å²) in [5.41, 5.74) is 1.28. The molecule has 1 fully saturated rings. The molecule has 110 valence electrons. The number of thioether (sulfide) groups is 1. The molecule has 1 N–H and O–H groups in total. The van der Waals surface area contributed by atoms with Crippen LogP contribution in [0.3, 0.4) is 0 Å². The molecule has 0 amide bonds. The Morgan fingerprint density at radius 2 is 1.90 bits per heavy atom. The number of benzene rings is 1. The molecule has 3 rings (SSSR count). The molecule has 0 unspecified atom stereocenters. The molecule has 20 heavy (non-hydrogen) atoms. The maximum Gasteiger partial charge on any atom is 0.161 e. The molecule has 0 spiro atoms. The van der Waals surface area contributed by atoms with Gasteiger partial charge in [-0.15, -0.1) is 0 Å². The monoisotopic (exact) mass is 293 g/mol. The minimum absolute atomic E-state index is 0.754. The lowest BCUT2D eigenvalue weighted by Gasteiger charge is -2.21. The largest absolute Gasteiger partial charge is 0.490 e. The zero-order chi connectivity index (χ0) is 13.6. The molecular formula is C16H23NO2S. The zero-order valence-corrected chi connectivity index (χ0v) is 12.7. The van der Waals surface area contributed by atoms with Crippen LogP contribution in [0.25, 0.3) is 0 Å². The van der Waals surface area contributed by atoms with Crippen LogP contribution in [-0.4, -0.2) is 31.3 Å². The van der Waals surface area contributed by atoms with Crippen LogP contribution in [0.2, 0.25) is 0 Å². The number of hydrogen-bond donors (Lipinski definition) is 1. The van der Waals surface area contributed by atoms with Crippen molar-refractivity contribution < 1.29 is 9.47 Å². The molecule has 1 saturated heterocycles. The lowest BCUT2D eigenvalue weighted by atomic mass is 10.0. The van der Waals surface area contributed by atoms with Gasteiger partial charge in [0.15, 0.2) is 11.5 Å². The Morgan fingerprint density at radius 3 is 2.75 bits per heavy atom. The first-order chi connectivity index (χ1) is 9.92. The summed E-state index contributed by atoms with van der Waals surface area (Å²) in [5, 5.41) is 3.59. The molecule has 0 atom stereocenters. The highest BCUT2D eigenvalue weighted by Gasteiger charge is 2.14. The molecule has 0 radical (unpaired) electrons. The Bertz CT molecular complexity index is 432. The van der Waals surface area contributed by atoms with Gasteiger partial charge in [0.2, 0.25) is 0 Å². The van der Waals surface area contributed by atoms with Crippen molar-refractivity contribution in [2.24, 2.45) is 5.92 Å². The fraction of sp³-hybridized carbons (Fsp3) is 0.625. The third-order valence-corrected chi connectivity index (χ3v) is 4.96. The van der Waals surface area contributed by atoms with Gasteiger partial charge in [0.25, 0.3) is 0 Å². The van der Waals surface area contributed by atoms with E-state index in [-0.39, 0.29) is 0 Å². The van der Waals surface area contributed by atoms with Crippen LogP contribution in [0.4, 0.5) is 0 Å². The molecule has 2 aliphatic rings. The fourth-order valence-electron chi connectivity index (χ4n) is 2.69. The number of hydrogen-bond acceptors (Lipinski definition) is 4. The Hall–Kier alpha value is -0.870. The summed E-state index contributed by atoms with van der Waals surface area (Å²) in [6.45, 7) is 3.56. The average Bonchev–Trinajstić information content (AvgIpc) is 2.73. The topological polar surface area (TPSA) is 30.5 Å². The Labute approximate surface area is 125 Å². The second-order valence-electron chi connectivity index (χ2n) is 5.52. The van der Waals surface area contributed by atoms with Gasteiger partial charge in [-0.05, 0) is 54.5 Å². The van der Waals surface area contributed by atoms with Gasteiger partial charge >= 0.3 is 0 Å². The Balaban J connectivity index is 1.51. The van der Waals surface area contributed by atoms with Crippen molar-refractivity contribution in [1.29, 1.82) is 0 Å². The van der Waals surface area contributed by atoms with Crippen LogP contribution in [0, 0.1) is 5.92 Å². The first kappa shape index (κ1) is 14.1. The first-order valence-electron chi connectivity index (χ1n) is 7.59. The van der Waals surface area contributed by atoms with Crippen molar-refractivity contribution in [2.75, 3.05) is 31.3 Å². The van der Waals surface area contributed by atoms with Crippen molar-refractivity contribution >= 4 is 11.8 Å². The van der Waals surface area contributed by atoms with E-state index in [1.165, 1.54) is 29.9 Å². The van der Waals surface area contributed by atoms with Gasteiger partial charge in [0.1, 0.15) is 0 Å². The third-order valence-electron chi connectivity index (χ3n) is 3.91. The van der Waals surface area contributed by atoms with E-state index in [0.717, 1.165) is 50.1 Å². The van der Waals surface area contributed by atoms with Crippen LogP contribution in [0.1, 0.15) is 24.8 Å². The van der Waals surface area contributed by atoms with Crippen molar-refractivity contribution in [3.8, 4) is 11.5 Å². The standard InChI is InChI=1S/C16H23NO2S/c1-6-18-15-3-2-14(10-16(15)19-7-1)12-17-11-13-4-8-20-9-5-13/h2-3,10,13,17H,1,4-9,11-12H2. The van der Waals surface area contributed by atoms with Crippen LogP contribution < -0.4 is 14.8 Å². The highest BCUT2D eigenvalue weighted by Crippen LogP contribution is 2.30. The fourth-order valence-corrected chi connectivity index (χ4v) is 3.89. The minimum atomic E-state index is 0.754. The van der Waals surface area contributed by atoms with Crippen molar-refractivity contribution in [3.63, 3.8) is 0 Å². The summed E-state index contributed by atoms with van der Waals surface area (Å²) in [5.74, 6) is 5.30. The summed E-state index contributed by atoms with van der Waals surface area (Å²) in [7, 11) is 0. The number of rotatable bonds is 4. The highest BCUT2D eigenvalue weighted by atomic mass is 32.2. The summed E-state index contributed by atoms with van der Waals surface area (Å²) in [6, 6.07) is 6.29. The lowest BCUT2D eigenvalue weighted by Crippen LogP contribution is -2.25. The minimum Gasteiger partial charge on any atom is -0.490 e. The van der Waals surface area contributed by atoms with Crippen molar-refractivity contribution in [3.05, 3.63) is 23.8 Å². The van der Waals surface area contributed by atoms with Gasteiger partial charge in [-0.25, -0.2) is 0 Å². The molecular weight excluding hydrogens is 270 g/mol. The zero-order valence-electron chi connectivity index (χ0n) is 11.9. The quantitative estimate of drug-likeness (QED) is 0.924. The molecule has 0 bridgehead atoms. The second kappa shape index (κ2) is 7.23. The summed E-state index contributed by atoms with van der Waals surface area (Å²) in [6.07, 6.45) is 3.68. The smallest absolute Gasteiger partial charge is 0.161 e. The second-order valence-corrected chi connectivity index (χ2v) is 6.74. The molecule has 3 nitrogen and oxygen atoms in total. The van der Waals surface area contributed by atoms with E-state index in [0.29, 0.717) is 0 Å². The molecule has 2 heterocycles. The predicted molar refractivity (Wildman–Crippen MR) is 83.8 cm³/mol. The average molecular weight is 293 g/mol. The van der Waals surface area contributed by atoms with E-state index in [9.17, 15) is 0 Å². The molecule has 2 aliphatic heterocycles. The first-order valence-corrected chi connectivity index (χ1v) is 8.74. The van der Waals surface area contributed by atoms with E-state index in [2.05, 4.69) is 29.2 Å². The molecule has 0 aromatic heterocycles. The van der Waals surface area contributed by atoms with Crippen molar-refractivity contribution in [1.82, 2.24) is 5.32 Å². The molecule has 4 heteroatoms. The normalized spacial score (nSPS) is 19.6. The van der Waals surface area contributed by atoms with Gasteiger partial charge in [-0.3, -0.25) is 0 Å². The summed E-state index contributed by atoms with van der Waals surface area (Å²) >= 11 is 2.09. The molecule has 1 aromatic rings. The molecule has 0 saturated carbocycles. The number of nitrogens with one attached hydrogen (secondary N) is 1. The Kier molecular flexibility index (Phi) is 5.09. The molecule has 0 aliphatic carbocycles. The van der Waals surface area contributed by atoms with Crippen molar-refractivity contribution in [2.45, 2.75) is 25.8 Å². The number of ether oxygens (including phenoxy) is 2. The maximum absolute atomic E-state index is 5.73. The van der Waals surface area contributed by atoms with Gasteiger partial charge in [0.05, 0.1) is 13.2 Å². The summed E-state index contributed by atoms with van der Waals surface area (Å²) in [4.78, 5) is 0. The van der Waals surface area contributed by atoms with Crippen LogP contribution in [-0.2, 0) is 6.54 Å². The van der Waals surface area contributed by atoms with Crippen LogP contribution >= 0.6 is 11.8 Å². The van der Waals surface area contributed by atoms with E-state index in [4.69, 9.17) is 9.47 Å². The maximum atomic E-state index is 5.73. The Morgan fingerprint density at radius 1 is 1.10 bits per heavy atom. The van der Waals surface area contributed by atoms with E-state index >= 15 is 0 Å². The van der Waals surface area contributed by atoms with Gasteiger partial charge in [0, 0.05) is 13.0 Å². The van der Waals surface area contributed by atoms with E-state index in [1.54, 1.807) is 0 Å². The van der Waals surface area contributed by atoms with E-state index < -0.39 is 0 Å². The van der Waals surface area contributed by atoms with Crippen LogP contribution in [0.5, 0.6) is 11.5 Å². The van der Waals surface area contributed by atoms with Gasteiger partial charge < -0.3 is 14.8 Å². The molecule has 1 aromatic carbocycles. The SMILES string of the molecule is c1cc2c(cc1CNCC1CCSCC1)OCCCO2. The lowest BCUT2D eigenvalue weighted by molar-refractivity contribution is 0.297.